The van der Waals surface area contributed by atoms with Crippen LogP contribution in [0.2, 0.25) is 5.02 Å². The van der Waals surface area contributed by atoms with E-state index in [0.717, 1.165) is 0 Å². The Morgan fingerprint density at radius 3 is 2.74 bits per heavy atom. The number of hydrogen-bond donors (Lipinski definition) is 2. The SMILES string of the molecule is N#Cc1c[nH]c2ncnc(C3C[C@H](O)C[C@H]3c3nn4ccc(Cl)c4c(=O)n3-c3ccccc3)c12. The highest BCUT2D eigenvalue weighted by molar-refractivity contribution is 6.33. The number of para-hydroxylation sites is 1. The molecule has 0 saturated heterocycles. The van der Waals surface area contributed by atoms with E-state index < -0.39 is 6.10 Å². The summed E-state index contributed by atoms with van der Waals surface area (Å²) in [6.07, 6.45) is 4.90. The van der Waals surface area contributed by atoms with Gasteiger partial charge in [-0.25, -0.2) is 14.5 Å². The number of aromatic amines is 1. The minimum absolute atomic E-state index is 0.284. The van der Waals surface area contributed by atoms with Crippen LogP contribution in [0.5, 0.6) is 0 Å². The summed E-state index contributed by atoms with van der Waals surface area (Å²) in [4.78, 5) is 25.5. The Morgan fingerprint density at radius 2 is 1.94 bits per heavy atom. The first kappa shape index (κ1) is 20.6. The van der Waals surface area contributed by atoms with Gasteiger partial charge in [0.05, 0.1) is 33.5 Å². The quantitative estimate of drug-likeness (QED) is 0.416. The average Bonchev–Trinajstić information content (AvgIpc) is 3.55. The lowest BCUT2D eigenvalue weighted by atomic mass is 9.89. The maximum atomic E-state index is 13.7. The minimum Gasteiger partial charge on any atom is -0.393 e. The second-order valence-electron chi connectivity index (χ2n) is 8.43. The van der Waals surface area contributed by atoms with Crippen molar-refractivity contribution in [1.82, 2.24) is 29.1 Å². The van der Waals surface area contributed by atoms with Crippen LogP contribution in [0.25, 0.3) is 22.2 Å². The van der Waals surface area contributed by atoms with Crippen molar-refractivity contribution < 1.29 is 5.11 Å². The fraction of sp³-hybridized carbons (Fsp3) is 0.208. The number of aromatic nitrogens is 6. The van der Waals surface area contributed by atoms with Gasteiger partial charge in [0.15, 0.2) is 0 Å². The van der Waals surface area contributed by atoms with Crippen molar-refractivity contribution >= 4 is 28.2 Å². The molecule has 0 aliphatic heterocycles. The lowest BCUT2D eigenvalue weighted by molar-refractivity contribution is 0.179. The molecule has 5 aromatic rings. The van der Waals surface area contributed by atoms with Crippen LogP contribution in [-0.2, 0) is 0 Å². The molecule has 1 aromatic carbocycles. The maximum Gasteiger partial charge on any atom is 0.284 e. The van der Waals surface area contributed by atoms with Gasteiger partial charge in [-0.15, -0.1) is 0 Å². The first-order valence-electron chi connectivity index (χ1n) is 10.8. The molecule has 0 radical (unpaired) electrons. The Kier molecular flexibility index (Phi) is 4.72. The van der Waals surface area contributed by atoms with Crippen molar-refractivity contribution in [1.29, 1.82) is 5.26 Å². The van der Waals surface area contributed by atoms with Crippen molar-refractivity contribution in [2.75, 3.05) is 0 Å². The second-order valence-corrected chi connectivity index (χ2v) is 8.83. The number of fused-ring (bicyclic) bond motifs is 2. The minimum atomic E-state index is -0.616. The largest absolute Gasteiger partial charge is 0.393 e. The van der Waals surface area contributed by atoms with Crippen LogP contribution in [0.1, 0.15) is 41.8 Å². The van der Waals surface area contributed by atoms with Crippen LogP contribution in [0, 0.1) is 11.3 Å². The summed E-state index contributed by atoms with van der Waals surface area (Å²) in [6.45, 7) is 0. The van der Waals surface area contributed by atoms with Crippen LogP contribution in [0.4, 0.5) is 0 Å². The van der Waals surface area contributed by atoms with Gasteiger partial charge >= 0.3 is 0 Å². The summed E-state index contributed by atoms with van der Waals surface area (Å²) in [5.74, 6) is -0.125. The number of aliphatic hydroxyl groups is 1. The molecule has 1 saturated carbocycles. The van der Waals surface area contributed by atoms with E-state index in [-0.39, 0.29) is 22.9 Å². The Bertz CT molecular complexity index is 1650. The van der Waals surface area contributed by atoms with Gasteiger partial charge in [0, 0.05) is 24.2 Å². The zero-order chi connectivity index (χ0) is 23.4. The summed E-state index contributed by atoms with van der Waals surface area (Å²) in [7, 11) is 0. The van der Waals surface area contributed by atoms with Gasteiger partial charge in [0.25, 0.3) is 5.56 Å². The fourth-order valence-electron chi connectivity index (χ4n) is 5.07. The van der Waals surface area contributed by atoms with Gasteiger partial charge in [-0.1, -0.05) is 29.8 Å². The Morgan fingerprint density at radius 1 is 1.15 bits per heavy atom. The van der Waals surface area contributed by atoms with E-state index in [0.29, 0.717) is 51.7 Å². The van der Waals surface area contributed by atoms with Crippen molar-refractivity contribution in [3.8, 4) is 11.8 Å². The molecule has 3 atom stereocenters. The third kappa shape index (κ3) is 3.04. The van der Waals surface area contributed by atoms with Crippen LogP contribution < -0.4 is 5.56 Å². The monoisotopic (exact) mass is 471 g/mol. The molecule has 1 aliphatic rings. The fourth-order valence-corrected chi connectivity index (χ4v) is 5.29. The number of halogens is 1. The van der Waals surface area contributed by atoms with Crippen molar-refractivity contribution in [2.24, 2.45) is 0 Å². The zero-order valence-electron chi connectivity index (χ0n) is 17.8. The summed E-state index contributed by atoms with van der Waals surface area (Å²) in [5, 5.41) is 26.1. The molecule has 9 nitrogen and oxygen atoms in total. The van der Waals surface area contributed by atoms with Crippen molar-refractivity contribution in [3.05, 3.63) is 87.6 Å². The van der Waals surface area contributed by atoms with E-state index in [4.69, 9.17) is 16.7 Å². The topological polar surface area (TPSA) is 125 Å². The number of nitrogens with one attached hydrogen (secondary N) is 1. The van der Waals surface area contributed by atoms with Crippen molar-refractivity contribution in [3.63, 3.8) is 0 Å². The normalized spacial score (nSPS) is 20.2. The maximum absolute atomic E-state index is 13.7. The number of benzene rings is 1. The van der Waals surface area contributed by atoms with Gasteiger partial charge in [-0.2, -0.15) is 10.4 Å². The number of aliphatic hydroxyl groups excluding tert-OH is 1. The molecule has 0 bridgehead atoms. The lowest BCUT2D eigenvalue weighted by Crippen LogP contribution is -2.29. The standard InChI is InChI=1S/C24H18ClN7O2/c25-18-6-7-31-21(18)24(34)32(14-4-2-1-3-5-14)23(30-31)17-9-15(33)8-16(17)20-19-13(10-26)11-27-22(19)29-12-28-20/h1-7,11-12,15-17,33H,8-9H2,(H,27,28,29)/t15-,16?,17+/m0/s1. The number of hydrogen-bond acceptors (Lipinski definition) is 6. The third-order valence-corrected chi connectivity index (χ3v) is 6.82. The summed E-state index contributed by atoms with van der Waals surface area (Å²) < 4.78 is 3.06. The van der Waals surface area contributed by atoms with Gasteiger partial charge in [-0.3, -0.25) is 9.36 Å². The van der Waals surface area contributed by atoms with Gasteiger partial charge < -0.3 is 10.1 Å². The highest BCUT2D eigenvalue weighted by Crippen LogP contribution is 2.47. The predicted molar refractivity (Wildman–Crippen MR) is 125 cm³/mol. The summed E-state index contributed by atoms with van der Waals surface area (Å²) in [6, 6.07) is 13.1. The molecule has 10 heteroatoms. The summed E-state index contributed by atoms with van der Waals surface area (Å²) in [5.41, 5.74) is 2.30. The Labute approximate surface area is 197 Å². The van der Waals surface area contributed by atoms with E-state index in [2.05, 4.69) is 21.0 Å². The Hall–Kier alpha value is -4.00. The molecular weight excluding hydrogens is 454 g/mol. The molecule has 0 spiro atoms. The van der Waals surface area contributed by atoms with Crippen molar-refractivity contribution in [2.45, 2.75) is 30.8 Å². The number of nitriles is 1. The molecule has 1 aliphatic carbocycles. The highest BCUT2D eigenvalue weighted by atomic mass is 35.5. The molecular formula is C24H18ClN7O2. The molecule has 34 heavy (non-hydrogen) atoms. The van der Waals surface area contributed by atoms with E-state index in [1.165, 1.54) is 10.8 Å². The lowest BCUT2D eigenvalue weighted by Gasteiger charge is -2.22. The number of H-pyrrole nitrogens is 1. The first-order valence-corrected chi connectivity index (χ1v) is 11.2. The van der Waals surface area contributed by atoms with Gasteiger partial charge in [-0.05, 0) is 31.0 Å². The molecule has 1 unspecified atom stereocenters. The molecule has 1 fully saturated rings. The van der Waals surface area contributed by atoms with Crippen LogP contribution in [-0.4, -0.2) is 40.3 Å². The van der Waals surface area contributed by atoms with Crippen LogP contribution >= 0.6 is 11.6 Å². The van der Waals surface area contributed by atoms with Gasteiger partial charge in [0.1, 0.15) is 29.4 Å². The smallest absolute Gasteiger partial charge is 0.284 e. The van der Waals surface area contributed by atoms with E-state index in [1.54, 1.807) is 23.0 Å². The van der Waals surface area contributed by atoms with Crippen LogP contribution in [0.15, 0.2) is 59.9 Å². The second kappa shape index (κ2) is 7.80. The van der Waals surface area contributed by atoms with Gasteiger partial charge in [0.2, 0.25) is 0 Å². The van der Waals surface area contributed by atoms with Crippen LogP contribution in [0.3, 0.4) is 0 Å². The Balaban J connectivity index is 1.62. The molecule has 4 aromatic heterocycles. The average molecular weight is 472 g/mol. The predicted octanol–water partition coefficient (Wildman–Crippen LogP) is 3.30. The number of nitrogens with zero attached hydrogens (tertiary/aromatic N) is 6. The highest BCUT2D eigenvalue weighted by Gasteiger charge is 2.41. The van der Waals surface area contributed by atoms with E-state index >= 15 is 0 Å². The van der Waals surface area contributed by atoms with E-state index in [1.807, 2.05) is 30.3 Å². The molecule has 0 amide bonds. The third-order valence-electron chi connectivity index (χ3n) is 6.52. The molecule has 6 rings (SSSR count). The molecule has 4 heterocycles. The molecule has 2 N–H and O–H groups in total. The zero-order valence-corrected chi connectivity index (χ0v) is 18.5. The first-order chi connectivity index (χ1) is 16.6. The number of rotatable bonds is 3. The van der Waals surface area contributed by atoms with E-state index in [9.17, 15) is 15.2 Å². The molecule has 168 valence electrons. The summed E-state index contributed by atoms with van der Waals surface area (Å²) >= 11 is 6.32.